The van der Waals surface area contributed by atoms with Crippen LogP contribution in [0.25, 0.3) is 65.3 Å². The van der Waals surface area contributed by atoms with Crippen LogP contribution in [0.2, 0.25) is 0 Å². The molecule has 0 aliphatic heterocycles. The van der Waals surface area contributed by atoms with Crippen molar-refractivity contribution in [2.75, 3.05) is 9.80 Å². The number of nitrogens with zero attached hydrogens (tertiary/aromatic N) is 2. The van der Waals surface area contributed by atoms with Gasteiger partial charge in [0.25, 0.3) is 0 Å². The molecule has 0 N–H and O–H groups in total. The first kappa shape index (κ1) is 35.2. The molecule has 11 aromatic rings. The first-order chi connectivity index (χ1) is 29.7. The highest BCUT2D eigenvalue weighted by Gasteiger charge is 2.20. The third-order valence-electron chi connectivity index (χ3n) is 11.7. The van der Waals surface area contributed by atoms with Gasteiger partial charge in [-0.25, -0.2) is 0 Å². The van der Waals surface area contributed by atoms with Crippen molar-refractivity contribution < 1.29 is 0 Å². The van der Waals surface area contributed by atoms with Gasteiger partial charge in [0.1, 0.15) is 0 Å². The molecule has 2 heteroatoms. The fourth-order valence-electron chi connectivity index (χ4n) is 8.87. The molecule has 0 aromatic heterocycles. The number of anilines is 6. The van der Waals surface area contributed by atoms with Crippen LogP contribution in [0.1, 0.15) is 0 Å². The van der Waals surface area contributed by atoms with E-state index >= 15 is 0 Å². The molecule has 0 aliphatic rings. The van der Waals surface area contributed by atoms with E-state index in [4.69, 9.17) is 0 Å². The lowest BCUT2D eigenvalue weighted by Gasteiger charge is -2.28. The molecule has 0 fully saturated rings. The Hall–Kier alpha value is -7.94. The molecule has 11 rings (SSSR count). The van der Waals surface area contributed by atoms with E-state index in [9.17, 15) is 0 Å². The summed E-state index contributed by atoms with van der Waals surface area (Å²) in [6.07, 6.45) is 0. The van der Waals surface area contributed by atoms with Crippen LogP contribution < -0.4 is 9.80 Å². The standard InChI is InChI=1S/C58H40N2/c1-4-16-41(17-5-1)54-40-52(60(50-26-8-3-9-27-50)58-29-15-23-48-37-44-19-11-13-21-46(44)39-56(48)58)34-35-53(54)42-30-32-51(33-31-42)59(49-24-6-2-7-25-49)57-28-14-22-47-36-43-18-10-12-20-45(43)38-55(47)57/h1-40H. The molecule has 0 radical (unpaired) electrons. The van der Waals surface area contributed by atoms with Crippen LogP contribution in [0.15, 0.2) is 243 Å². The molecule has 0 aliphatic carbocycles. The average molecular weight is 765 g/mol. The third kappa shape index (κ3) is 6.41. The van der Waals surface area contributed by atoms with Gasteiger partial charge in [-0.3, -0.25) is 0 Å². The van der Waals surface area contributed by atoms with Crippen LogP contribution in [0.5, 0.6) is 0 Å². The summed E-state index contributed by atoms with van der Waals surface area (Å²) >= 11 is 0. The summed E-state index contributed by atoms with van der Waals surface area (Å²) in [6, 6.07) is 88.0. The van der Waals surface area contributed by atoms with E-state index in [0.29, 0.717) is 0 Å². The molecule has 0 bridgehead atoms. The van der Waals surface area contributed by atoms with Crippen LogP contribution in [0.4, 0.5) is 34.1 Å². The molecule has 0 amide bonds. The minimum atomic E-state index is 1.10. The minimum absolute atomic E-state index is 1.10. The average Bonchev–Trinajstić information content (AvgIpc) is 3.32. The quantitative estimate of drug-likeness (QED) is 0.142. The SMILES string of the molecule is c1ccc(-c2cc(N(c3ccccc3)c3cccc4cc5ccccc5cc34)ccc2-c2ccc(N(c3ccccc3)c3cccc4cc5ccccc5cc34)cc2)cc1. The monoisotopic (exact) mass is 764 g/mol. The van der Waals surface area contributed by atoms with Gasteiger partial charge in [0.05, 0.1) is 11.4 Å². The Morgan fingerprint density at radius 3 is 1.12 bits per heavy atom. The maximum Gasteiger partial charge on any atom is 0.0540 e. The van der Waals surface area contributed by atoms with Crippen molar-refractivity contribution in [1.82, 2.24) is 0 Å². The van der Waals surface area contributed by atoms with Gasteiger partial charge < -0.3 is 9.80 Å². The Morgan fingerprint density at radius 2 is 0.600 bits per heavy atom. The van der Waals surface area contributed by atoms with E-state index in [0.717, 1.165) is 39.7 Å². The molecule has 0 saturated carbocycles. The number of hydrogen-bond donors (Lipinski definition) is 0. The second kappa shape index (κ2) is 15.1. The van der Waals surface area contributed by atoms with Gasteiger partial charge in [0.2, 0.25) is 0 Å². The Labute approximate surface area is 350 Å². The van der Waals surface area contributed by atoms with Gasteiger partial charge in [0, 0.05) is 33.5 Å². The summed E-state index contributed by atoms with van der Waals surface area (Å²) in [5.74, 6) is 0. The smallest absolute Gasteiger partial charge is 0.0540 e. The van der Waals surface area contributed by atoms with Crippen molar-refractivity contribution in [2.24, 2.45) is 0 Å². The number of fused-ring (bicyclic) bond motifs is 4. The first-order valence-electron chi connectivity index (χ1n) is 20.6. The lowest BCUT2D eigenvalue weighted by Crippen LogP contribution is -2.11. The Morgan fingerprint density at radius 1 is 0.217 bits per heavy atom. The highest BCUT2D eigenvalue weighted by molar-refractivity contribution is 6.08. The number of hydrogen-bond acceptors (Lipinski definition) is 2. The Kier molecular flexibility index (Phi) is 8.87. The molecule has 60 heavy (non-hydrogen) atoms. The van der Waals surface area contributed by atoms with Crippen molar-refractivity contribution >= 4 is 77.2 Å². The van der Waals surface area contributed by atoms with Gasteiger partial charge in [-0.2, -0.15) is 0 Å². The fourth-order valence-corrected chi connectivity index (χ4v) is 8.87. The summed E-state index contributed by atoms with van der Waals surface area (Å²) in [7, 11) is 0. The molecule has 2 nitrogen and oxygen atoms in total. The van der Waals surface area contributed by atoms with E-state index in [-0.39, 0.29) is 0 Å². The van der Waals surface area contributed by atoms with Crippen molar-refractivity contribution in [1.29, 1.82) is 0 Å². The van der Waals surface area contributed by atoms with Crippen LogP contribution in [-0.2, 0) is 0 Å². The predicted octanol–water partition coefficient (Wildman–Crippen LogP) is 16.6. The van der Waals surface area contributed by atoms with E-state index < -0.39 is 0 Å². The number of rotatable bonds is 8. The van der Waals surface area contributed by atoms with Gasteiger partial charge >= 0.3 is 0 Å². The number of benzene rings is 11. The predicted molar refractivity (Wildman–Crippen MR) is 257 cm³/mol. The van der Waals surface area contributed by atoms with E-state index in [1.54, 1.807) is 0 Å². The van der Waals surface area contributed by atoms with E-state index in [1.807, 2.05) is 0 Å². The molecular formula is C58H40N2. The summed E-state index contributed by atoms with van der Waals surface area (Å²) in [4.78, 5) is 4.79. The summed E-state index contributed by atoms with van der Waals surface area (Å²) < 4.78 is 0. The molecule has 11 aromatic carbocycles. The molecule has 0 spiro atoms. The zero-order valence-electron chi connectivity index (χ0n) is 33.0. The van der Waals surface area contributed by atoms with E-state index in [2.05, 4.69) is 252 Å². The lowest BCUT2D eigenvalue weighted by molar-refractivity contribution is 1.29. The Balaban J connectivity index is 1.05. The molecule has 0 heterocycles. The molecule has 0 atom stereocenters. The lowest BCUT2D eigenvalue weighted by atomic mass is 9.93. The second-order valence-corrected chi connectivity index (χ2v) is 15.4. The van der Waals surface area contributed by atoms with Crippen LogP contribution in [-0.4, -0.2) is 0 Å². The van der Waals surface area contributed by atoms with Crippen molar-refractivity contribution in [3.63, 3.8) is 0 Å². The summed E-state index contributed by atoms with van der Waals surface area (Å²) in [5, 5.41) is 9.82. The van der Waals surface area contributed by atoms with Crippen molar-refractivity contribution in [3.8, 4) is 22.3 Å². The Bertz CT molecular complexity index is 3300. The largest absolute Gasteiger partial charge is 0.310 e. The summed E-state index contributed by atoms with van der Waals surface area (Å²) in [5.41, 5.74) is 11.4. The molecular weight excluding hydrogens is 725 g/mol. The zero-order chi connectivity index (χ0) is 39.8. The van der Waals surface area contributed by atoms with Crippen LogP contribution in [0.3, 0.4) is 0 Å². The van der Waals surface area contributed by atoms with Gasteiger partial charge in [0.15, 0.2) is 0 Å². The first-order valence-corrected chi connectivity index (χ1v) is 20.6. The third-order valence-corrected chi connectivity index (χ3v) is 11.7. The number of para-hydroxylation sites is 2. The molecule has 0 unspecified atom stereocenters. The normalized spacial score (nSPS) is 11.3. The highest BCUT2D eigenvalue weighted by Crippen LogP contribution is 2.45. The van der Waals surface area contributed by atoms with E-state index in [1.165, 1.54) is 59.8 Å². The van der Waals surface area contributed by atoms with Gasteiger partial charge in [-0.15, -0.1) is 0 Å². The zero-order valence-corrected chi connectivity index (χ0v) is 33.0. The van der Waals surface area contributed by atoms with Crippen molar-refractivity contribution in [2.45, 2.75) is 0 Å². The molecule has 0 saturated heterocycles. The van der Waals surface area contributed by atoms with Crippen LogP contribution in [0, 0.1) is 0 Å². The summed E-state index contributed by atoms with van der Waals surface area (Å²) in [6.45, 7) is 0. The topological polar surface area (TPSA) is 6.48 Å². The maximum absolute atomic E-state index is 2.40. The van der Waals surface area contributed by atoms with Crippen molar-refractivity contribution in [3.05, 3.63) is 243 Å². The minimum Gasteiger partial charge on any atom is -0.310 e. The van der Waals surface area contributed by atoms with Gasteiger partial charge in [-0.05, 0) is 140 Å². The maximum atomic E-state index is 2.40. The second-order valence-electron chi connectivity index (χ2n) is 15.4. The molecule has 282 valence electrons. The fraction of sp³-hybridized carbons (Fsp3) is 0. The highest BCUT2D eigenvalue weighted by atomic mass is 15.1. The van der Waals surface area contributed by atoms with Gasteiger partial charge in [-0.1, -0.05) is 158 Å². The van der Waals surface area contributed by atoms with Crippen LogP contribution >= 0.6 is 0 Å².